The van der Waals surface area contributed by atoms with E-state index in [0.717, 1.165) is 0 Å². The molecular weight excluding hydrogens is 261 g/mol. The topological polar surface area (TPSA) is 42.7 Å². The fraction of sp³-hybridized carbons (Fsp3) is 0.267. The Labute approximate surface area is 115 Å². The van der Waals surface area contributed by atoms with E-state index in [1.54, 1.807) is 30.9 Å². The van der Waals surface area contributed by atoms with Gasteiger partial charge in [-0.15, -0.1) is 0 Å². The number of amides is 1. The van der Waals surface area contributed by atoms with Crippen molar-refractivity contribution in [2.75, 3.05) is 18.1 Å². The van der Waals surface area contributed by atoms with Crippen LogP contribution in [0.4, 0.5) is 10.1 Å². The molecule has 0 atom stereocenters. The summed E-state index contributed by atoms with van der Waals surface area (Å²) in [5.41, 5.74) is 1.11. The molecule has 5 heteroatoms. The van der Waals surface area contributed by atoms with Gasteiger partial charge in [-0.1, -0.05) is 0 Å². The van der Waals surface area contributed by atoms with Crippen LogP contribution < -0.4 is 9.64 Å². The highest BCUT2D eigenvalue weighted by molar-refractivity contribution is 6.07. The van der Waals surface area contributed by atoms with Crippen LogP contribution in [-0.2, 0) is 0 Å². The molecule has 0 saturated carbocycles. The van der Waals surface area contributed by atoms with E-state index in [1.165, 1.54) is 12.1 Å². The molecule has 1 aliphatic heterocycles. The molecule has 0 N–H and O–H groups in total. The molecule has 0 saturated heterocycles. The number of carbonyl (C=O) groups is 1. The molecule has 1 aliphatic rings. The maximum absolute atomic E-state index is 13.2. The lowest BCUT2D eigenvalue weighted by Crippen LogP contribution is -2.38. The van der Waals surface area contributed by atoms with Crippen molar-refractivity contribution in [3.8, 4) is 5.75 Å². The predicted octanol–water partition coefficient (Wildman–Crippen LogP) is 3.07. The van der Waals surface area contributed by atoms with Gasteiger partial charge in [-0.05, 0) is 32.0 Å². The smallest absolute Gasteiger partial charge is 0.262 e. The molecule has 0 bridgehead atoms. The third kappa shape index (κ3) is 2.05. The average Bonchev–Trinajstić information content (AvgIpc) is 2.76. The summed E-state index contributed by atoms with van der Waals surface area (Å²) in [4.78, 5) is 14.2. The largest absolute Gasteiger partial charge is 0.489 e. The minimum atomic E-state index is -0.381. The molecule has 1 aromatic heterocycles. The van der Waals surface area contributed by atoms with Crippen LogP contribution in [0.2, 0.25) is 0 Å². The normalized spacial score (nSPS) is 13.8. The molecule has 3 rings (SSSR count). The Morgan fingerprint density at radius 2 is 2.10 bits per heavy atom. The number of carbonyl (C=O) groups excluding carboxylic acids is 1. The van der Waals surface area contributed by atoms with Gasteiger partial charge in [0, 0.05) is 6.07 Å². The molecule has 0 fully saturated rings. The van der Waals surface area contributed by atoms with Crippen LogP contribution in [0.3, 0.4) is 0 Å². The van der Waals surface area contributed by atoms with Crippen molar-refractivity contribution in [2.24, 2.45) is 0 Å². The lowest BCUT2D eigenvalue weighted by Gasteiger charge is -2.29. The number of hydrogen-bond acceptors (Lipinski definition) is 3. The number of ether oxygens (including phenoxy) is 1. The third-order valence-corrected chi connectivity index (χ3v) is 3.30. The van der Waals surface area contributed by atoms with Gasteiger partial charge < -0.3 is 14.1 Å². The summed E-state index contributed by atoms with van der Waals surface area (Å²) in [5, 5.41) is 0. The van der Waals surface area contributed by atoms with E-state index in [0.29, 0.717) is 41.7 Å². The Hall–Kier alpha value is -2.30. The first-order chi connectivity index (χ1) is 9.56. The number of anilines is 1. The fourth-order valence-electron chi connectivity index (χ4n) is 2.39. The summed E-state index contributed by atoms with van der Waals surface area (Å²) in [6, 6.07) is 5.89. The van der Waals surface area contributed by atoms with Crippen molar-refractivity contribution in [3.05, 3.63) is 47.2 Å². The van der Waals surface area contributed by atoms with Gasteiger partial charge in [0.05, 0.1) is 17.8 Å². The third-order valence-electron chi connectivity index (χ3n) is 3.30. The van der Waals surface area contributed by atoms with Crippen LogP contribution in [0.15, 0.2) is 28.7 Å². The van der Waals surface area contributed by atoms with E-state index in [1.807, 2.05) is 0 Å². The van der Waals surface area contributed by atoms with Gasteiger partial charge in [-0.2, -0.15) is 0 Å². The molecule has 1 amide bonds. The predicted molar refractivity (Wildman–Crippen MR) is 71.8 cm³/mol. The van der Waals surface area contributed by atoms with Gasteiger partial charge in [-0.25, -0.2) is 4.39 Å². The van der Waals surface area contributed by atoms with E-state index in [-0.39, 0.29) is 11.7 Å². The van der Waals surface area contributed by atoms with Gasteiger partial charge >= 0.3 is 0 Å². The SMILES string of the molecule is Cc1cc(C(=O)N2CCOc3cc(F)ccc32)c(C)o1. The fourth-order valence-corrected chi connectivity index (χ4v) is 2.39. The molecule has 4 nitrogen and oxygen atoms in total. The molecule has 1 aromatic carbocycles. The van der Waals surface area contributed by atoms with Crippen molar-refractivity contribution < 1.29 is 18.3 Å². The number of furan rings is 1. The summed E-state index contributed by atoms with van der Waals surface area (Å²) in [6.07, 6.45) is 0. The lowest BCUT2D eigenvalue weighted by atomic mass is 10.1. The zero-order valence-electron chi connectivity index (χ0n) is 11.3. The standard InChI is InChI=1S/C15H14FNO3/c1-9-7-12(10(2)20-9)15(18)17-5-6-19-14-8-11(16)3-4-13(14)17/h3-4,7-8H,5-6H2,1-2H3. The summed E-state index contributed by atoms with van der Waals surface area (Å²) in [7, 11) is 0. The Morgan fingerprint density at radius 3 is 2.80 bits per heavy atom. The van der Waals surface area contributed by atoms with Gasteiger partial charge in [-0.3, -0.25) is 4.79 Å². The van der Waals surface area contributed by atoms with E-state index in [9.17, 15) is 9.18 Å². The summed E-state index contributed by atoms with van der Waals surface area (Å²) < 4.78 is 24.0. The van der Waals surface area contributed by atoms with Crippen LogP contribution in [0, 0.1) is 19.7 Å². The molecule has 0 unspecified atom stereocenters. The molecular formula is C15H14FNO3. The molecule has 0 aliphatic carbocycles. The molecule has 20 heavy (non-hydrogen) atoms. The van der Waals surface area contributed by atoms with Crippen LogP contribution >= 0.6 is 0 Å². The Balaban J connectivity index is 2.00. The van der Waals surface area contributed by atoms with E-state index in [2.05, 4.69) is 0 Å². The van der Waals surface area contributed by atoms with Crippen LogP contribution in [0.25, 0.3) is 0 Å². The highest BCUT2D eigenvalue weighted by Gasteiger charge is 2.27. The zero-order valence-corrected chi connectivity index (χ0v) is 11.3. The number of nitrogens with zero attached hydrogens (tertiary/aromatic N) is 1. The number of halogens is 1. The first kappa shape index (κ1) is 12.7. The highest BCUT2D eigenvalue weighted by Crippen LogP contribution is 2.33. The molecule has 104 valence electrons. The summed E-state index contributed by atoms with van der Waals surface area (Å²) in [5.74, 6) is 1.13. The van der Waals surface area contributed by atoms with Crippen molar-refractivity contribution in [3.63, 3.8) is 0 Å². The highest BCUT2D eigenvalue weighted by atomic mass is 19.1. The van der Waals surface area contributed by atoms with Crippen LogP contribution in [0.5, 0.6) is 5.75 Å². The zero-order chi connectivity index (χ0) is 14.3. The number of aryl methyl sites for hydroxylation is 2. The second kappa shape index (κ2) is 4.67. The van der Waals surface area contributed by atoms with E-state index in [4.69, 9.17) is 9.15 Å². The maximum Gasteiger partial charge on any atom is 0.262 e. The number of benzene rings is 1. The molecule has 2 aromatic rings. The van der Waals surface area contributed by atoms with E-state index >= 15 is 0 Å². The Morgan fingerprint density at radius 1 is 1.30 bits per heavy atom. The maximum atomic E-state index is 13.2. The molecule has 0 spiro atoms. The average molecular weight is 275 g/mol. The quantitative estimate of drug-likeness (QED) is 0.803. The number of fused-ring (bicyclic) bond motifs is 1. The van der Waals surface area contributed by atoms with Gasteiger partial charge in [0.2, 0.25) is 0 Å². The number of rotatable bonds is 1. The molecule has 0 radical (unpaired) electrons. The van der Waals surface area contributed by atoms with Crippen molar-refractivity contribution in [1.82, 2.24) is 0 Å². The van der Waals surface area contributed by atoms with Crippen molar-refractivity contribution in [2.45, 2.75) is 13.8 Å². The summed E-state index contributed by atoms with van der Waals surface area (Å²) in [6.45, 7) is 4.33. The minimum Gasteiger partial charge on any atom is -0.489 e. The van der Waals surface area contributed by atoms with Gasteiger partial charge in [0.1, 0.15) is 29.7 Å². The lowest BCUT2D eigenvalue weighted by molar-refractivity contribution is 0.0975. The summed E-state index contributed by atoms with van der Waals surface area (Å²) >= 11 is 0. The first-order valence-electron chi connectivity index (χ1n) is 6.37. The van der Waals surface area contributed by atoms with Crippen molar-refractivity contribution >= 4 is 11.6 Å². The van der Waals surface area contributed by atoms with Crippen molar-refractivity contribution in [1.29, 1.82) is 0 Å². The number of hydrogen-bond donors (Lipinski definition) is 0. The second-order valence-electron chi connectivity index (χ2n) is 4.74. The Bertz CT molecular complexity index is 678. The van der Waals surface area contributed by atoms with Crippen LogP contribution in [0.1, 0.15) is 21.9 Å². The monoisotopic (exact) mass is 275 g/mol. The van der Waals surface area contributed by atoms with Gasteiger partial charge in [0.25, 0.3) is 5.91 Å². The molecule has 2 heterocycles. The first-order valence-corrected chi connectivity index (χ1v) is 6.37. The van der Waals surface area contributed by atoms with Gasteiger partial charge in [0.15, 0.2) is 0 Å². The van der Waals surface area contributed by atoms with E-state index < -0.39 is 0 Å². The van der Waals surface area contributed by atoms with Crippen LogP contribution in [-0.4, -0.2) is 19.1 Å². The minimum absolute atomic E-state index is 0.157. The second-order valence-corrected chi connectivity index (χ2v) is 4.74. The Kier molecular flexibility index (Phi) is 2.97.